The molecule has 7 nitrogen and oxygen atoms in total. The summed E-state index contributed by atoms with van der Waals surface area (Å²) in [6.07, 6.45) is 2.09. The second-order valence-electron chi connectivity index (χ2n) is 5.53. The zero-order valence-electron chi connectivity index (χ0n) is 14.6. The topological polar surface area (TPSA) is 82.8 Å². The molecule has 0 N–H and O–H groups in total. The van der Waals surface area contributed by atoms with E-state index in [1.807, 2.05) is 24.3 Å². The lowest BCUT2D eigenvalue weighted by atomic mass is 10.2. The Morgan fingerprint density at radius 3 is 2.69 bits per heavy atom. The van der Waals surface area contributed by atoms with Crippen molar-refractivity contribution in [2.75, 3.05) is 13.2 Å². The van der Waals surface area contributed by atoms with Crippen LogP contribution >= 0.6 is 11.3 Å². The van der Waals surface area contributed by atoms with Crippen LogP contribution in [0.3, 0.4) is 0 Å². The third-order valence-corrected chi connectivity index (χ3v) is 4.55. The summed E-state index contributed by atoms with van der Waals surface area (Å²) in [5.41, 5.74) is 0.423. The van der Waals surface area contributed by atoms with E-state index in [2.05, 4.69) is 17.0 Å². The number of fused-ring (bicyclic) bond motifs is 1. The summed E-state index contributed by atoms with van der Waals surface area (Å²) in [7, 11) is 0. The van der Waals surface area contributed by atoms with Crippen molar-refractivity contribution >= 4 is 22.3 Å². The van der Waals surface area contributed by atoms with Gasteiger partial charge in [0.15, 0.2) is 5.69 Å². The Balaban J connectivity index is 1.88. The molecule has 0 fully saturated rings. The predicted octanol–water partition coefficient (Wildman–Crippen LogP) is 3.17. The van der Waals surface area contributed by atoms with Gasteiger partial charge in [0.05, 0.1) is 13.2 Å². The normalized spacial score (nSPS) is 10.8. The number of benzene rings is 1. The van der Waals surface area contributed by atoms with Gasteiger partial charge in [-0.25, -0.2) is 9.78 Å². The van der Waals surface area contributed by atoms with Crippen LogP contribution < -0.4 is 10.3 Å². The van der Waals surface area contributed by atoms with Crippen LogP contribution in [-0.2, 0) is 4.74 Å². The Kier molecular flexibility index (Phi) is 5.62. The number of carbonyl (C=O) groups is 1. The van der Waals surface area contributed by atoms with E-state index in [1.165, 1.54) is 15.9 Å². The number of unbranched alkanes of at least 4 members (excludes halogenated alkanes) is 1. The Morgan fingerprint density at radius 1 is 1.23 bits per heavy atom. The summed E-state index contributed by atoms with van der Waals surface area (Å²) in [4.78, 5) is 28.5. The molecular formula is C18H19N3O4S. The molecular weight excluding hydrogens is 354 g/mol. The lowest BCUT2D eigenvalue weighted by molar-refractivity contribution is 0.0519. The molecule has 0 bridgehead atoms. The second kappa shape index (κ2) is 8.09. The van der Waals surface area contributed by atoms with E-state index in [-0.39, 0.29) is 12.3 Å². The van der Waals surface area contributed by atoms with Crippen LogP contribution in [-0.4, -0.2) is 33.8 Å². The van der Waals surface area contributed by atoms with E-state index in [0.717, 1.165) is 30.2 Å². The van der Waals surface area contributed by atoms with Gasteiger partial charge in [-0.3, -0.25) is 4.79 Å². The average molecular weight is 373 g/mol. The number of esters is 1. The van der Waals surface area contributed by atoms with E-state index in [1.54, 1.807) is 6.92 Å². The fourth-order valence-corrected chi connectivity index (χ4v) is 3.18. The van der Waals surface area contributed by atoms with Gasteiger partial charge < -0.3 is 9.47 Å². The summed E-state index contributed by atoms with van der Waals surface area (Å²) in [5.74, 6) is 0.179. The minimum Gasteiger partial charge on any atom is -0.494 e. The maximum Gasteiger partial charge on any atom is 0.357 e. The fraction of sp³-hybridized carbons (Fsp3) is 0.333. The van der Waals surface area contributed by atoms with Crippen LogP contribution in [0.4, 0.5) is 0 Å². The van der Waals surface area contributed by atoms with Crippen LogP contribution in [0.25, 0.3) is 15.5 Å². The van der Waals surface area contributed by atoms with E-state index < -0.39 is 11.5 Å². The van der Waals surface area contributed by atoms with Gasteiger partial charge in [0.1, 0.15) is 10.8 Å². The highest BCUT2D eigenvalue weighted by molar-refractivity contribution is 7.19. The number of aromatic nitrogens is 3. The molecule has 0 aliphatic heterocycles. The van der Waals surface area contributed by atoms with Crippen molar-refractivity contribution in [1.82, 2.24) is 14.6 Å². The second-order valence-corrected chi connectivity index (χ2v) is 6.48. The number of hydrogen-bond acceptors (Lipinski definition) is 7. The van der Waals surface area contributed by atoms with Gasteiger partial charge in [-0.15, -0.1) is 0 Å². The molecule has 0 saturated heterocycles. The molecule has 0 radical (unpaired) electrons. The molecule has 136 valence electrons. The molecule has 0 aliphatic carbocycles. The highest BCUT2D eigenvalue weighted by atomic mass is 32.1. The molecule has 0 atom stereocenters. The molecule has 3 aromatic rings. The number of nitrogens with zero attached hydrogens (tertiary/aromatic N) is 3. The van der Waals surface area contributed by atoms with Crippen LogP contribution in [0.1, 0.15) is 37.2 Å². The largest absolute Gasteiger partial charge is 0.494 e. The van der Waals surface area contributed by atoms with Gasteiger partial charge >= 0.3 is 5.97 Å². The summed E-state index contributed by atoms with van der Waals surface area (Å²) >= 11 is 1.23. The van der Waals surface area contributed by atoms with E-state index in [4.69, 9.17) is 9.47 Å². The van der Waals surface area contributed by atoms with Crippen LogP contribution in [0.5, 0.6) is 5.75 Å². The van der Waals surface area contributed by atoms with E-state index in [9.17, 15) is 9.59 Å². The molecule has 0 unspecified atom stereocenters. The number of hydrogen-bond donors (Lipinski definition) is 0. The minimum absolute atomic E-state index is 0.00766. The maximum atomic E-state index is 12.2. The lowest BCUT2D eigenvalue weighted by Crippen LogP contribution is -2.18. The SMILES string of the molecule is CCCCOc1ccc(-c2nn3c(=O)cc(C(=O)OCC)nc3s2)cc1. The standard InChI is InChI=1S/C18H19N3O4S/c1-3-5-10-25-13-8-6-12(7-9-13)16-20-21-15(22)11-14(17(23)24-4-2)19-18(21)26-16/h6-9,11H,3-5,10H2,1-2H3. The zero-order valence-corrected chi connectivity index (χ0v) is 15.4. The van der Waals surface area contributed by atoms with Crippen molar-refractivity contribution < 1.29 is 14.3 Å². The van der Waals surface area contributed by atoms with Crippen molar-refractivity contribution in [2.24, 2.45) is 0 Å². The fourth-order valence-electron chi connectivity index (χ4n) is 2.27. The number of carbonyl (C=O) groups excluding carboxylic acids is 1. The summed E-state index contributed by atoms with van der Waals surface area (Å²) in [5, 5.41) is 4.94. The monoisotopic (exact) mass is 373 g/mol. The molecule has 0 amide bonds. The van der Waals surface area contributed by atoms with Crippen LogP contribution in [0.15, 0.2) is 35.1 Å². The molecule has 3 rings (SSSR count). The summed E-state index contributed by atoms with van der Waals surface area (Å²) in [6, 6.07) is 8.65. The summed E-state index contributed by atoms with van der Waals surface area (Å²) < 4.78 is 11.7. The smallest absolute Gasteiger partial charge is 0.357 e. The van der Waals surface area contributed by atoms with Gasteiger partial charge in [0.25, 0.3) is 5.56 Å². The van der Waals surface area contributed by atoms with Gasteiger partial charge in [-0.05, 0) is 37.6 Å². The van der Waals surface area contributed by atoms with E-state index in [0.29, 0.717) is 16.6 Å². The van der Waals surface area contributed by atoms with Crippen molar-refractivity contribution in [1.29, 1.82) is 0 Å². The first-order chi connectivity index (χ1) is 12.6. The Labute approximate surface area is 154 Å². The van der Waals surface area contributed by atoms with Gasteiger partial charge in [-0.2, -0.15) is 9.61 Å². The average Bonchev–Trinajstić information content (AvgIpc) is 3.07. The van der Waals surface area contributed by atoms with Crippen LogP contribution in [0, 0.1) is 0 Å². The van der Waals surface area contributed by atoms with Gasteiger partial charge in [-0.1, -0.05) is 24.7 Å². The highest BCUT2D eigenvalue weighted by Gasteiger charge is 2.15. The molecule has 0 aliphatic rings. The third-order valence-electron chi connectivity index (χ3n) is 3.60. The molecule has 0 spiro atoms. The molecule has 2 aromatic heterocycles. The minimum atomic E-state index is -0.615. The Bertz CT molecular complexity index is 963. The molecule has 1 aromatic carbocycles. The maximum absolute atomic E-state index is 12.2. The van der Waals surface area contributed by atoms with Crippen molar-refractivity contribution in [2.45, 2.75) is 26.7 Å². The first-order valence-electron chi connectivity index (χ1n) is 8.43. The lowest BCUT2D eigenvalue weighted by Gasteiger charge is -2.05. The van der Waals surface area contributed by atoms with E-state index >= 15 is 0 Å². The molecule has 26 heavy (non-hydrogen) atoms. The van der Waals surface area contributed by atoms with Crippen molar-refractivity contribution in [3.8, 4) is 16.3 Å². The Hall–Kier alpha value is -2.74. The van der Waals surface area contributed by atoms with Crippen molar-refractivity contribution in [3.63, 3.8) is 0 Å². The first kappa shape index (κ1) is 18.1. The predicted molar refractivity (Wildman–Crippen MR) is 98.9 cm³/mol. The quantitative estimate of drug-likeness (QED) is 0.467. The van der Waals surface area contributed by atoms with Crippen molar-refractivity contribution in [3.05, 3.63) is 46.4 Å². The molecule has 2 heterocycles. The third kappa shape index (κ3) is 3.91. The van der Waals surface area contributed by atoms with Crippen LogP contribution in [0.2, 0.25) is 0 Å². The zero-order chi connectivity index (χ0) is 18.5. The summed E-state index contributed by atoms with van der Waals surface area (Å²) in [6.45, 7) is 4.72. The first-order valence-corrected chi connectivity index (χ1v) is 9.25. The Morgan fingerprint density at radius 2 is 2.00 bits per heavy atom. The molecule has 8 heteroatoms. The van der Waals surface area contributed by atoms with Gasteiger partial charge in [0, 0.05) is 11.6 Å². The number of ether oxygens (including phenoxy) is 2. The molecule has 0 saturated carbocycles. The van der Waals surface area contributed by atoms with Gasteiger partial charge in [0.2, 0.25) is 4.96 Å². The number of rotatable bonds is 7. The highest BCUT2D eigenvalue weighted by Crippen LogP contribution is 2.26.